The van der Waals surface area contributed by atoms with Gasteiger partial charge in [0, 0.05) is 24.6 Å². The number of anilines is 1. The van der Waals surface area contributed by atoms with E-state index in [2.05, 4.69) is 17.4 Å². The van der Waals surface area contributed by atoms with E-state index in [-0.39, 0.29) is 29.6 Å². The predicted octanol–water partition coefficient (Wildman–Crippen LogP) is 3.36. The minimum Gasteiger partial charge on any atom is -0.321 e. The molecule has 2 aliphatic heterocycles. The number of likely N-dealkylation sites (tertiary alicyclic amines) is 1. The van der Waals surface area contributed by atoms with Crippen LogP contribution in [0, 0.1) is 0 Å². The molecule has 3 heterocycles. The van der Waals surface area contributed by atoms with Crippen molar-refractivity contribution in [3.63, 3.8) is 0 Å². The molecule has 1 N–H and O–H groups in total. The van der Waals surface area contributed by atoms with E-state index in [1.165, 1.54) is 5.56 Å². The maximum absolute atomic E-state index is 13.2. The fourth-order valence-corrected chi connectivity index (χ4v) is 6.41. The predicted molar refractivity (Wildman–Crippen MR) is 115 cm³/mol. The zero-order valence-corrected chi connectivity index (χ0v) is 17.9. The number of aromatic nitrogens is 2. The molecular formula is C22H28N4O3S. The lowest BCUT2D eigenvalue weighted by molar-refractivity contribution is 0.206. The van der Waals surface area contributed by atoms with Crippen LogP contribution in [0.4, 0.5) is 10.6 Å². The summed E-state index contributed by atoms with van der Waals surface area (Å²) in [6.07, 6.45) is 5.62. The Morgan fingerprint density at radius 3 is 2.63 bits per heavy atom. The number of sulfone groups is 1. The van der Waals surface area contributed by atoms with Gasteiger partial charge in [0.2, 0.25) is 0 Å². The topological polar surface area (TPSA) is 84.3 Å². The smallest absolute Gasteiger partial charge is 0.321 e. The summed E-state index contributed by atoms with van der Waals surface area (Å²) < 4.78 is 25.7. The summed E-state index contributed by atoms with van der Waals surface area (Å²) in [5.74, 6) is 1.36. The highest BCUT2D eigenvalue weighted by atomic mass is 32.2. The van der Waals surface area contributed by atoms with Gasteiger partial charge in [-0.2, -0.15) is 5.10 Å². The summed E-state index contributed by atoms with van der Waals surface area (Å²) in [6, 6.07) is 12.1. The first kappa shape index (κ1) is 19.6. The lowest BCUT2D eigenvalue weighted by atomic mass is 10.0. The normalized spacial score (nSPS) is 25.5. The van der Waals surface area contributed by atoms with Gasteiger partial charge >= 0.3 is 6.03 Å². The second kappa shape index (κ2) is 7.72. The van der Waals surface area contributed by atoms with E-state index in [9.17, 15) is 13.2 Å². The third-order valence-electron chi connectivity index (χ3n) is 6.49. The van der Waals surface area contributed by atoms with E-state index in [4.69, 9.17) is 5.10 Å². The van der Waals surface area contributed by atoms with Crippen LogP contribution >= 0.6 is 0 Å². The molecule has 160 valence electrons. The van der Waals surface area contributed by atoms with Gasteiger partial charge in [0.05, 0.1) is 23.2 Å². The van der Waals surface area contributed by atoms with Gasteiger partial charge in [0.25, 0.3) is 0 Å². The summed E-state index contributed by atoms with van der Waals surface area (Å²) in [6.45, 7) is 0.741. The Bertz CT molecular complexity index is 1030. The molecule has 2 aromatic rings. The van der Waals surface area contributed by atoms with Crippen molar-refractivity contribution in [1.82, 2.24) is 14.7 Å². The van der Waals surface area contributed by atoms with Gasteiger partial charge in [-0.05, 0) is 44.1 Å². The van der Waals surface area contributed by atoms with E-state index in [0.29, 0.717) is 18.2 Å². The fourth-order valence-electron chi connectivity index (χ4n) is 4.71. The molecule has 1 aliphatic carbocycles. The first-order valence-electron chi connectivity index (χ1n) is 10.9. The zero-order chi connectivity index (χ0) is 20.7. The SMILES string of the molecule is O=C(Nc1cc(C2CC2)nn1C1CCS(=O)(=O)C1)N1CCCC1Cc1ccccc1. The quantitative estimate of drug-likeness (QED) is 0.791. The molecule has 8 heteroatoms. The Hall–Kier alpha value is -2.35. The fraction of sp³-hybridized carbons (Fsp3) is 0.545. The van der Waals surface area contributed by atoms with Gasteiger partial charge in [0.15, 0.2) is 9.84 Å². The number of carbonyl (C=O) groups is 1. The van der Waals surface area contributed by atoms with Crippen LogP contribution in [0.3, 0.4) is 0 Å². The molecule has 30 heavy (non-hydrogen) atoms. The van der Waals surface area contributed by atoms with Crippen molar-refractivity contribution in [3.05, 3.63) is 47.7 Å². The summed E-state index contributed by atoms with van der Waals surface area (Å²) in [7, 11) is -3.03. The highest BCUT2D eigenvalue weighted by Crippen LogP contribution is 2.41. The third kappa shape index (κ3) is 4.10. The highest BCUT2D eigenvalue weighted by molar-refractivity contribution is 7.91. The molecule has 5 rings (SSSR count). The van der Waals surface area contributed by atoms with Crippen LogP contribution in [0.2, 0.25) is 0 Å². The summed E-state index contributed by atoms with van der Waals surface area (Å²) >= 11 is 0. The highest BCUT2D eigenvalue weighted by Gasteiger charge is 2.35. The largest absolute Gasteiger partial charge is 0.323 e. The summed E-state index contributed by atoms with van der Waals surface area (Å²) in [5, 5.41) is 7.77. The van der Waals surface area contributed by atoms with Gasteiger partial charge in [-0.15, -0.1) is 0 Å². The Morgan fingerprint density at radius 1 is 1.13 bits per heavy atom. The van der Waals surface area contributed by atoms with Gasteiger partial charge in [-0.25, -0.2) is 17.9 Å². The first-order valence-corrected chi connectivity index (χ1v) is 12.7. The molecule has 2 saturated heterocycles. The van der Waals surface area contributed by atoms with Crippen molar-refractivity contribution in [2.45, 2.75) is 56.5 Å². The molecule has 3 fully saturated rings. The number of urea groups is 1. The molecule has 1 saturated carbocycles. The van der Waals surface area contributed by atoms with Crippen LogP contribution in [0.5, 0.6) is 0 Å². The van der Waals surface area contributed by atoms with Crippen molar-refractivity contribution in [1.29, 1.82) is 0 Å². The maximum atomic E-state index is 13.2. The van der Waals surface area contributed by atoms with E-state index in [0.717, 1.165) is 44.3 Å². The molecule has 3 aliphatic rings. The molecule has 0 bridgehead atoms. The van der Waals surface area contributed by atoms with Gasteiger partial charge in [-0.3, -0.25) is 5.32 Å². The van der Waals surface area contributed by atoms with E-state index >= 15 is 0 Å². The van der Waals surface area contributed by atoms with Crippen LogP contribution in [0.1, 0.15) is 55.3 Å². The van der Waals surface area contributed by atoms with Crippen LogP contribution < -0.4 is 5.32 Å². The first-order chi connectivity index (χ1) is 14.5. The van der Waals surface area contributed by atoms with Crippen LogP contribution in [-0.2, 0) is 16.3 Å². The average Bonchev–Trinajstić information content (AvgIpc) is 3.15. The number of benzene rings is 1. The minimum atomic E-state index is -3.03. The van der Waals surface area contributed by atoms with Gasteiger partial charge in [0.1, 0.15) is 5.82 Å². The van der Waals surface area contributed by atoms with Crippen molar-refractivity contribution in [2.24, 2.45) is 0 Å². The van der Waals surface area contributed by atoms with E-state index in [1.54, 1.807) is 4.68 Å². The Balaban J connectivity index is 1.34. The number of hydrogen-bond donors (Lipinski definition) is 1. The molecule has 1 aromatic heterocycles. The third-order valence-corrected chi connectivity index (χ3v) is 8.24. The number of nitrogens with one attached hydrogen (secondary N) is 1. The van der Waals surface area contributed by atoms with Crippen molar-refractivity contribution in [2.75, 3.05) is 23.4 Å². The van der Waals surface area contributed by atoms with Crippen LogP contribution in [-0.4, -0.2) is 53.2 Å². The molecule has 0 radical (unpaired) electrons. The van der Waals surface area contributed by atoms with Crippen molar-refractivity contribution < 1.29 is 13.2 Å². The van der Waals surface area contributed by atoms with Crippen molar-refractivity contribution >= 4 is 21.7 Å². The lowest BCUT2D eigenvalue weighted by Crippen LogP contribution is -2.40. The van der Waals surface area contributed by atoms with Crippen LogP contribution in [0.15, 0.2) is 36.4 Å². The minimum absolute atomic E-state index is 0.0992. The lowest BCUT2D eigenvalue weighted by Gasteiger charge is -2.25. The second-order valence-corrected chi connectivity index (χ2v) is 11.1. The average molecular weight is 429 g/mol. The van der Waals surface area contributed by atoms with Crippen LogP contribution in [0.25, 0.3) is 0 Å². The van der Waals surface area contributed by atoms with E-state index < -0.39 is 9.84 Å². The Kier molecular flexibility index (Phi) is 5.05. The molecule has 7 nitrogen and oxygen atoms in total. The maximum Gasteiger partial charge on any atom is 0.323 e. The Morgan fingerprint density at radius 2 is 1.93 bits per heavy atom. The van der Waals surface area contributed by atoms with Gasteiger partial charge < -0.3 is 4.90 Å². The standard InChI is InChI=1S/C22H28N4O3S/c27-22(25-11-4-7-18(25)13-16-5-2-1-3-6-16)23-21-14-20(17-8-9-17)24-26(21)19-10-12-30(28,29)15-19/h1-3,5-6,14,17-19H,4,7-13,15H2,(H,23,27). The van der Waals surface area contributed by atoms with Crippen molar-refractivity contribution in [3.8, 4) is 0 Å². The second-order valence-electron chi connectivity index (χ2n) is 8.84. The van der Waals surface area contributed by atoms with Gasteiger partial charge in [-0.1, -0.05) is 30.3 Å². The molecule has 2 amide bonds. The van der Waals surface area contributed by atoms with E-state index in [1.807, 2.05) is 29.2 Å². The molecule has 0 spiro atoms. The number of amides is 2. The summed E-state index contributed by atoms with van der Waals surface area (Å²) in [4.78, 5) is 15.1. The Labute approximate surface area is 177 Å². The number of nitrogens with zero attached hydrogens (tertiary/aromatic N) is 3. The number of carbonyl (C=O) groups excluding carboxylic acids is 1. The number of rotatable bonds is 5. The number of hydrogen-bond acceptors (Lipinski definition) is 4. The zero-order valence-electron chi connectivity index (χ0n) is 17.0. The molecule has 1 aromatic carbocycles. The molecule has 2 atom stereocenters. The summed E-state index contributed by atoms with van der Waals surface area (Å²) in [5.41, 5.74) is 2.20. The molecular weight excluding hydrogens is 400 g/mol. The monoisotopic (exact) mass is 428 g/mol. The molecule has 2 unspecified atom stereocenters.